The lowest BCUT2D eigenvalue weighted by Gasteiger charge is -2.37. The zero-order valence-corrected chi connectivity index (χ0v) is 13.6. The molecular formula is C18H20ClFN2O. The van der Waals surface area contributed by atoms with Crippen molar-refractivity contribution in [1.82, 2.24) is 0 Å². The van der Waals surface area contributed by atoms with E-state index >= 15 is 0 Å². The number of benzene rings is 2. The second kappa shape index (κ2) is 7.09. The number of nitrogen functional groups attached to an aromatic ring is 1. The summed E-state index contributed by atoms with van der Waals surface area (Å²) in [5.74, 6) is 0.267. The van der Waals surface area contributed by atoms with Crippen molar-refractivity contribution >= 4 is 23.0 Å². The number of ether oxygens (including phenoxy) is 1. The average Bonchev–Trinajstić information content (AvgIpc) is 2.54. The molecular weight excluding hydrogens is 315 g/mol. The van der Waals surface area contributed by atoms with Crippen LogP contribution in [0.3, 0.4) is 0 Å². The fourth-order valence-corrected chi connectivity index (χ4v) is 3.29. The fraction of sp³-hybridized carbons (Fsp3) is 0.333. The lowest BCUT2D eigenvalue weighted by Crippen LogP contribution is -2.43. The highest BCUT2D eigenvalue weighted by atomic mass is 35.5. The van der Waals surface area contributed by atoms with E-state index in [1.165, 1.54) is 12.1 Å². The van der Waals surface area contributed by atoms with Crippen LogP contribution in [0.2, 0.25) is 5.02 Å². The third-order valence-electron chi connectivity index (χ3n) is 4.15. The number of rotatable bonds is 4. The second-order valence-corrected chi connectivity index (χ2v) is 6.23. The molecule has 2 N–H and O–H groups in total. The van der Waals surface area contributed by atoms with Crippen LogP contribution in [-0.4, -0.2) is 19.2 Å². The lowest BCUT2D eigenvalue weighted by molar-refractivity contribution is 0.259. The van der Waals surface area contributed by atoms with E-state index in [9.17, 15) is 4.39 Å². The van der Waals surface area contributed by atoms with E-state index < -0.39 is 0 Å². The first-order chi connectivity index (χ1) is 11.1. The molecule has 0 aromatic heterocycles. The van der Waals surface area contributed by atoms with E-state index in [1.807, 2.05) is 12.1 Å². The largest absolute Gasteiger partial charge is 0.491 e. The molecule has 1 aliphatic heterocycles. The Bertz CT molecular complexity index is 680. The maximum Gasteiger partial charge on any atom is 0.126 e. The molecule has 0 amide bonds. The highest BCUT2D eigenvalue weighted by molar-refractivity contribution is 6.33. The maximum absolute atomic E-state index is 13.2. The molecule has 1 saturated heterocycles. The van der Waals surface area contributed by atoms with Gasteiger partial charge < -0.3 is 15.4 Å². The van der Waals surface area contributed by atoms with Gasteiger partial charge in [-0.25, -0.2) is 4.39 Å². The molecule has 3 nitrogen and oxygen atoms in total. The van der Waals surface area contributed by atoms with Crippen LogP contribution < -0.4 is 15.4 Å². The number of piperidine rings is 1. The first-order valence-corrected chi connectivity index (χ1v) is 8.21. The van der Waals surface area contributed by atoms with E-state index in [2.05, 4.69) is 4.90 Å². The fourth-order valence-electron chi connectivity index (χ4n) is 3.00. The Balaban J connectivity index is 1.73. The molecule has 2 aromatic carbocycles. The number of nitrogens with two attached hydrogens (primary N) is 1. The second-order valence-electron chi connectivity index (χ2n) is 5.82. The van der Waals surface area contributed by atoms with E-state index in [4.69, 9.17) is 22.1 Å². The lowest BCUT2D eigenvalue weighted by atomic mass is 10.0. The molecule has 5 heteroatoms. The summed E-state index contributed by atoms with van der Waals surface area (Å²) < 4.78 is 19.0. The van der Waals surface area contributed by atoms with Crippen LogP contribution in [0, 0.1) is 5.82 Å². The molecule has 0 spiro atoms. The summed E-state index contributed by atoms with van der Waals surface area (Å²) in [6.07, 6.45) is 3.30. The van der Waals surface area contributed by atoms with Crippen molar-refractivity contribution in [3.8, 4) is 5.75 Å². The van der Waals surface area contributed by atoms with Gasteiger partial charge in [0.25, 0.3) is 0 Å². The van der Waals surface area contributed by atoms with Crippen molar-refractivity contribution in [2.45, 2.75) is 25.3 Å². The molecule has 23 heavy (non-hydrogen) atoms. The van der Waals surface area contributed by atoms with Gasteiger partial charge in [0.05, 0.1) is 16.8 Å². The van der Waals surface area contributed by atoms with Gasteiger partial charge in [-0.15, -0.1) is 0 Å². The van der Waals surface area contributed by atoms with Crippen LogP contribution in [0.4, 0.5) is 15.8 Å². The molecule has 1 atom stereocenters. The Kier molecular flexibility index (Phi) is 4.91. The summed E-state index contributed by atoms with van der Waals surface area (Å²) in [4.78, 5) is 2.27. The third-order valence-corrected chi connectivity index (χ3v) is 4.45. The standard InChI is InChI=1S/C18H20ClFN2O/c19-17-11-14(21)7-8-18(17)22-9-2-1-5-15(22)12-23-16-6-3-4-13(20)10-16/h3-4,6-8,10-11,15H,1-2,5,9,12,21H2. The van der Waals surface area contributed by atoms with Gasteiger partial charge in [0, 0.05) is 18.3 Å². The Morgan fingerprint density at radius 3 is 2.87 bits per heavy atom. The molecule has 1 heterocycles. The highest BCUT2D eigenvalue weighted by Gasteiger charge is 2.25. The van der Waals surface area contributed by atoms with Crippen molar-refractivity contribution in [3.05, 3.63) is 53.3 Å². The minimum atomic E-state index is -0.287. The Morgan fingerprint density at radius 2 is 2.09 bits per heavy atom. The van der Waals surface area contributed by atoms with Crippen LogP contribution in [0.1, 0.15) is 19.3 Å². The summed E-state index contributed by atoms with van der Waals surface area (Å²) in [6.45, 7) is 1.44. The smallest absolute Gasteiger partial charge is 0.126 e. The first kappa shape index (κ1) is 15.9. The van der Waals surface area contributed by atoms with Gasteiger partial charge in [0.2, 0.25) is 0 Å². The normalized spacial score (nSPS) is 18.0. The number of anilines is 2. The average molecular weight is 335 g/mol. The van der Waals surface area contributed by atoms with Crippen molar-refractivity contribution in [3.63, 3.8) is 0 Å². The van der Waals surface area contributed by atoms with Crippen molar-refractivity contribution in [2.75, 3.05) is 23.8 Å². The van der Waals surface area contributed by atoms with E-state index in [-0.39, 0.29) is 11.9 Å². The SMILES string of the molecule is Nc1ccc(N2CCCCC2COc2cccc(F)c2)c(Cl)c1. The van der Waals surface area contributed by atoms with E-state index in [0.29, 0.717) is 23.1 Å². The molecule has 122 valence electrons. The van der Waals surface area contributed by atoms with Crippen LogP contribution in [0.5, 0.6) is 5.75 Å². The first-order valence-electron chi connectivity index (χ1n) is 7.83. The van der Waals surface area contributed by atoms with E-state index in [0.717, 1.165) is 31.5 Å². The van der Waals surface area contributed by atoms with Gasteiger partial charge in [0.1, 0.15) is 18.2 Å². The minimum Gasteiger partial charge on any atom is -0.491 e. The predicted octanol–water partition coefficient (Wildman–Crippen LogP) is 4.50. The van der Waals surface area contributed by atoms with E-state index in [1.54, 1.807) is 18.2 Å². The topological polar surface area (TPSA) is 38.5 Å². The zero-order valence-electron chi connectivity index (χ0n) is 12.8. The highest BCUT2D eigenvalue weighted by Crippen LogP contribution is 2.32. The zero-order chi connectivity index (χ0) is 16.2. The monoisotopic (exact) mass is 334 g/mol. The number of hydrogen-bond acceptors (Lipinski definition) is 3. The van der Waals surface area contributed by atoms with Gasteiger partial charge in [-0.2, -0.15) is 0 Å². The molecule has 0 radical (unpaired) electrons. The molecule has 1 fully saturated rings. The van der Waals surface area contributed by atoms with Gasteiger partial charge in [-0.3, -0.25) is 0 Å². The minimum absolute atomic E-state index is 0.216. The molecule has 3 rings (SSSR count). The maximum atomic E-state index is 13.2. The van der Waals surface area contributed by atoms with Crippen molar-refractivity contribution in [1.29, 1.82) is 0 Å². The van der Waals surface area contributed by atoms with Crippen molar-refractivity contribution in [2.24, 2.45) is 0 Å². The summed E-state index contributed by atoms with van der Waals surface area (Å²) in [6, 6.07) is 12.0. The summed E-state index contributed by atoms with van der Waals surface area (Å²) in [5, 5.41) is 0.655. The van der Waals surface area contributed by atoms with Crippen LogP contribution in [-0.2, 0) is 0 Å². The Labute approximate surface area is 140 Å². The van der Waals surface area contributed by atoms with Gasteiger partial charge in [-0.1, -0.05) is 17.7 Å². The summed E-state index contributed by atoms with van der Waals surface area (Å²) in [7, 11) is 0. The Morgan fingerprint density at radius 1 is 1.22 bits per heavy atom. The summed E-state index contributed by atoms with van der Waals surface area (Å²) in [5.41, 5.74) is 7.41. The molecule has 0 aliphatic carbocycles. The molecule has 2 aromatic rings. The van der Waals surface area contributed by atoms with Crippen LogP contribution >= 0.6 is 11.6 Å². The van der Waals surface area contributed by atoms with Crippen LogP contribution in [0.25, 0.3) is 0 Å². The number of halogens is 2. The summed E-state index contributed by atoms with van der Waals surface area (Å²) >= 11 is 6.35. The molecule has 0 bridgehead atoms. The molecule has 1 unspecified atom stereocenters. The van der Waals surface area contributed by atoms with Gasteiger partial charge in [-0.05, 0) is 49.6 Å². The Hall–Kier alpha value is -1.94. The number of nitrogens with zero attached hydrogens (tertiary/aromatic N) is 1. The number of hydrogen-bond donors (Lipinski definition) is 1. The molecule has 1 aliphatic rings. The third kappa shape index (κ3) is 3.88. The van der Waals surface area contributed by atoms with Crippen molar-refractivity contribution < 1.29 is 9.13 Å². The van der Waals surface area contributed by atoms with Crippen LogP contribution in [0.15, 0.2) is 42.5 Å². The van der Waals surface area contributed by atoms with Gasteiger partial charge in [0.15, 0.2) is 0 Å². The predicted molar refractivity (Wildman–Crippen MR) is 92.7 cm³/mol. The van der Waals surface area contributed by atoms with Gasteiger partial charge >= 0.3 is 0 Å². The quantitative estimate of drug-likeness (QED) is 0.837. The molecule has 0 saturated carbocycles.